The summed E-state index contributed by atoms with van der Waals surface area (Å²) in [5.74, 6) is -1.68. The SMILES string of the molecule is CCC(CC(=O)O)Nc1cc(F)c(Br)cc1[N+](=O)[O-]. The molecule has 6 nitrogen and oxygen atoms in total. The number of aliphatic carboxylic acids is 1. The number of rotatable bonds is 6. The summed E-state index contributed by atoms with van der Waals surface area (Å²) < 4.78 is 13.4. The number of hydrogen-bond donors (Lipinski definition) is 2. The highest BCUT2D eigenvalue weighted by Gasteiger charge is 2.20. The molecule has 0 spiro atoms. The minimum atomic E-state index is -1.03. The fourth-order valence-electron chi connectivity index (χ4n) is 1.53. The Bertz CT molecular complexity index is 510. The van der Waals surface area contributed by atoms with Gasteiger partial charge in [0, 0.05) is 18.2 Å². The molecule has 0 radical (unpaired) electrons. The van der Waals surface area contributed by atoms with Gasteiger partial charge in [-0.05, 0) is 22.4 Å². The summed E-state index contributed by atoms with van der Waals surface area (Å²) in [5.41, 5.74) is -0.337. The van der Waals surface area contributed by atoms with Crippen molar-refractivity contribution < 1.29 is 19.2 Å². The number of nitro groups is 1. The topological polar surface area (TPSA) is 92.5 Å². The largest absolute Gasteiger partial charge is 0.481 e. The van der Waals surface area contributed by atoms with Gasteiger partial charge >= 0.3 is 5.97 Å². The molecule has 0 aliphatic carbocycles. The van der Waals surface area contributed by atoms with Crippen molar-refractivity contribution >= 4 is 33.3 Å². The Morgan fingerprint density at radius 3 is 2.74 bits per heavy atom. The molecule has 8 heteroatoms. The molecule has 0 aliphatic rings. The van der Waals surface area contributed by atoms with Crippen LogP contribution in [0.5, 0.6) is 0 Å². The Hall–Kier alpha value is -1.70. The van der Waals surface area contributed by atoms with Gasteiger partial charge in [0.25, 0.3) is 5.69 Å². The molecule has 0 aromatic heterocycles. The highest BCUT2D eigenvalue weighted by atomic mass is 79.9. The van der Waals surface area contributed by atoms with E-state index in [9.17, 15) is 19.3 Å². The first-order chi connectivity index (χ1) is 8.85. The maximum atomic E-state index is 13.4. The highest BCUT2D eigenvalue weighted by Crippen LogP contribution is 2.31. The predicted molar refractivity (Wildman–Crippen MR) is 70.7 cm³/mol. The molecule has 1 aromatic rings. The maximum absolute atomic E-state index is 13.4. The zero-order chi connectivity index (χ0) is 14.6. The Balaban J connectivity index is 3.07. The molecule has 1 atom stereocenters. The third-order valence-electron chi connectivity index (χ3n) is 2.51. The van der Waals surface area contributed by atoms with Crippen molar-refractivity contribution in [3.05, 3.63) is 32.5 Å². The Labute approximate surface area is 116 Å². The minimum Gasteiger partial charge on any atom is -0.481 e. The molecule has 0 bridgehead atoms. The Morgan fingerprint density at radius 2 is 2.26 bits per heavy atom. The van der Waals surface area contributed by atoms with E-state index in [0.29, 0.717) is 6.42 Å². The summed E-state index contributed by atoms with van der Waals surface area (Å²) in [6, 6.07) is 1.52. The van der Waals surface area contributed by atoms with Crippen LogP contribution >= 0.6 is 15.9 Å². The number of nitro benzene ring substituents is 1. The first-order valence-corrected chi connectivity index (χ1v) is 6.26. The van der Waals surface area contributed by atoms with Crippen molar-refractivity contribution in [3.8, 4) is 0 Å². The summed E-state index contributed by atoms with van der Waals surface area (Å²) in [4.78, 5) is 20.9. The van der Waals surface area contributed by atoms with E-state index in [1.807, 2.05) is 0 Å². The number of carbonyl (C=O) groups is 1. The van der Waals surface area contributed by atoms with Gasteiger partial charge in [0.15, 0.2) is 0 Å². The number of anilines is 1. The molecule has 2 N–H and O–H groups in total. The van der Waals surface area contributed by atoms with E-state index >= 15 is 0 Å². The van der Waals surface area contributed by atoms with Crippen LogP contribution in [0.4, 0.5) is 15.8 Å². The second kappa shape index (κ2) is 6.46. The summed E-state index contributed by atoms with van der Waals surface area (Å²) in [6.07, 6.45) is 0.243. The number of benzene rings is 1. The number of nitrogens with one attached hydrogen (secondary N) is 1. The molecular weight excluding hydrogens is 323 g/mol. The molecule has 0 amide bonds. The van der Waals surface area contributed by atoms with Crippen LogP contribution in [0.25, 0.3) is 0 Å². The van der Waals surface area contributed by atoms with Crippen LogP contribution in [0.3, 0.4) is 0 Å². The number of halogens is 2. The second-order valence-electron chi connectivity index (χ2n) is 3.89. The summed E-state index contributed by atoms with van der Waals surface area (Å²) in [6.45, 7) is 1.74. The van der Waals surface area contributed by atoms with E-state index in [0.717, 1.165) is 12.1 Å². The Kier molecular flexibility index (Phi) is 5.22. The van der Waals surface area contributed by atoms with Gasteiger partial charge in [0.2, 0.25) is 0 Å². The molecule has 0 saturated heterocycles. The van der Waals surface area contributed by atoms with Crippen LogP contribution in [0.1, 0.15) is 19.8 Å². The fraction of sp³-hybridized carbons (Fsp3) is 0.364. The van der Waals surface area contributed by atoms with E-state index in [4.69, 9.17) is 5.11 Å². The zero-order valence-corrected chi connectivity index (χ0v) is 11.6. The number of carboxylic acid groups (broad SMARTS) is 1. The number of hydrogen-bond acceptors (Lipinski definition) is 4. The third kappa shape index (κ3) is 4.16. The molecule has 19 heavy (non-hydrogen) atoms. The van der Waals surface area contributed by atoms with Crippen molar-refractivity contribution in [2.45, 2.75) is 25.8 Å². The summed E-state index contributed by atoms with van der Waals surface area (Å²) in [5, 5.41) is 22.3. The van der Waals surface area contributed by atoms with E-state index in [1.165, 1.54) is 0 Å². The van der Waals surface area contributed by atoms with Crippen molar-refractivity contribution in [2.24, 2.45) is 0 Å². The van der Waals surface area contributed by atoms with Crippen LogP contribution < -0.4 is 5.32 Å². The first-order valence-electron chi connectivity index (χ1n) is 5.46. The molecule has 1 aromatic carbocycles. The van der Waals surface area contributed by atoms with E-state index in [-0.39, 0.29) is 22.3 Å². The lowest BCUT2D eigenvalue weighted by atomic mass is 10.1. The maximum Gasteiger partial charge on any atom is 0.305 e. The first kappa shape index (κ1) is 15.4. The van der Waals surface area contributed by atoms with E-state index in [1.54, 1.807) is 6.92 Å². The van der Waals surface area contributed by atoms with Gasteiger partial charge in [-0.2, -0.15) is 0 Å². The average molecular weight is 335 g/mol. The van der Waals surface area contributed by atoms with Gasteiger partial charge in [0.1, 0.15) is 11.5 Å². The molecule has 1 rings (SSSR count). The summed E-state index contributed by atoms with van der Waals surface area (Å²) in [7, 11) is 0. The van der Waals surface area contributed by atoms with Crippen LogP contribution in [0.2, 0.25) is 0 Å². The average Bonchev–Trinajstić information content (AvgIpc) is 2.31. The molecule has 0 saturated carbocycles. The molecule has 104 valence electrons. The Morgan fingerprint density at radius 1 is 1.63 bits per heavy atom. The number of carboxylic acids is 1. The van der Waals surface area contributed by atoms with Crippen molar-refractivity contribution in [3.63, 3.8) is 0 Å². The smallest absolute Gasteiger partial charge is 0.305 e. The van der Waals surface area contributed by atoms with Crippen molar-refractivity contribution in [1.29, 1.82) is 0 Å². The van der Waals surface area contributed by atoms with Crippen molar-refractivity contribution in [1.82, 2.24) is 0 Å². The van der Waals surface area contributed by atoms with Gasteiger partial charge in [-0.1, -0.05) is 6.92 Å². The minimum absolute atomic E-state index is 0.0176. The van der Waals surface area contributed by atoms with Gasteiger partial charge in [-0.25, -0.2) is 4.39 Å². The molecule has 0 aliphatic heterocycles. The third-order valence-corrected chi connectivity index (χ3v) is 3.12. The lowest BCUT2D eigenvalue weighted by Gasteiger charge is -2.16. The highest BCUT2D eigenvalue weighted by molar-refractivity contribution is 9.10. The van der Waals surface area contributed by atoms with Crippen LogP contribution in [0.15, 0.2) is 16.6 Å². The standard InChI is InChI=1S/C11H12BrFN2O4/c1-2-6(3-11(16)17)14-9-5-8(13)7(12)4-10(9)15(18)19/h4-6,14H,2-3H2,1H3,(H,16,17). The quantitative estimate of drug-likeness (QED) is 0.615. The normalized spacial score (nSPS) is 11.9. The summed E-state index contributed by atoms with van der Waals surface area (Å²) >= 11 is 2.87. The molecular formula is C11H12BrFN2O4. The van der Waals surface area contributed by atoms with Crippen LogP contribution in [0, 0.1) is 15.9 Å². The van der Waals surface area contributed by atoms with Crippen LogP contribution in [-0.2, 0) is 4.79 Å². The van der Waals surface area contributed by atoms with Gasteiger partial charge in [0.05, 0.1) is 15.8 Å². The number of nitrogens with zero attached hydrogens (tertiary/aromatic N) is 1. The lowest BCUT2D eigenvalue weighted by Crippen LogP contribution is -2.22. The van der Waals surface area contributed by atoms with E-state index in [2.05, 4.69) is 21.2 Å². The van der Waals surface area contributed by atoms with Crippen LogP contribution in [-0.4, -0.2) is 22.0 Å². The lowest BCUT2D eigenvalue weighted by molar-refractivity contribution is -0.384. The zero-order valence-electron chi connectivity index (χ0n) is 10.0. The monoisotopic (exact) mass is 334 g/mol. The predicted octanol–water partition coefficient (Wildman–Crippen LogP) is 3.16. The molecule has 0 heterocycles. The second-order valence-corrected chi connectivity index (χ2v) is 4.74. The molecule has 0 fully saturated rings. The van der Waals surface area contributed by atoms with Gasteiger partial charge < -0.3 is 10.4 Å². The van der Waals surface area contributed by atoms with E-state index < -0.39 is 22.8 Å². The van der Waals surface area contributed by atoms with Gasteiger partial charge in [-0.15, -0.1) is 0 Å². The van der Waals surface area contributed by atoms with Gasteiger partial charge in [-0.3, -0.25) is 14.9 Å². The molecule has 1 unspecified atom stereocenters. The fourth-order valence-corrected chi connectivity index (χ4v) is 1.86. The van der Waals surface area contributed by atoms with Crippen molar-refractivity contribution in [2.75, 3.05) is 5.32 Å².